The first-order valence-corrected chi connectivity index (χ1v) is 12.7. The van der Waals surface area contributed by atoms with Gasteiger partial charge in [-0.05, 0) is 54.8 Å². The van der Waals surface area contributed by atoms with E-state index in [0.29, 0.717) is 18.8 Å². The number of benzene rings is 3. The Balaban J connectivity index is 1.37. The Morgan fingerprint density at radius 3 is 2.59 bits per heavy atom. The molecule has 3 aliphatic rings. The van der Waals surface area contributed by atoms with Gasteiger partial charge in [-0.1, -0.05) is 42.5 Å². The molecule has 0 aliphatic carbocycles. The average Bonchev–Trinajstić information content (AvgIpc) is 3.25. The van der Waals surface area contributed by atoms with Crippen LogP contribution in [0.4, 0.5) is 11.4 Å². The third kappa shape index (κ3) is 4.14. The van der Waals surface area contributed by atoms with Crippen molar-refractivity contribution < 1.29 is 9.90 Å². The predicted octanol–water partition coefficient (Wildman–Crippen LogP) is 2.35. The first kappa shape index (κ1) is 23.9. The lowest BCUT2D eigenvalue weighted by atomic mass is 9.89. The molecule has 9 heteroatoms. The van der Waals surface area contributed by atoms with Gasteiger partial charge >= 0.3 is 0 Å². The molecule has 2 fully saturated rings. The van der Waals surface area contributed by atoms with Gasteiger partial charge in [0.1, 0.15) is 11.9 Å². The number of anilines is 2. The number of phenolic OH excluding ortho intramolecular Hbond substituents is 1. The van der Waals surface area contributed by atoms with E-state index in [9.17, 15) is 9.90 Å². The lowest BCUT2D eigenvalue weighted by Crippen LogP contribution is -2.65. The maximum absolute atomic E-state index is 14.0. The molecule has 7 N–H and O–H groups in total. The van der Waals surface area contributed by atoms with Crippen molar-refractivity contribution in [2.75, 3.05) is 23.4 Å². The van der Waals surface area contributed by atoms with Crippen LogP contribution in [0.2, 0.25) is 0 Å². The topological polar surface area (TPSA) is 118 Å². The maximum Gasteiger partial charge on any atom is 0.262 e. The smallest absolute Gasteiger partial charge is 0.262 e. The van der Waals surface area contributed by atoms with Crippen LogP contribution in [0.5, 0.6) is 5.75 Å². The van der Waals surface area contributed by atoms with E-state index in [1.165, 1.54) is 0 Å². The number of hydrogen-bond donors (Lipinski definition) is 6. The average molecular weight is 500 g/mol. The Hall–Kier alpha value is -3.47. The zero-order valence-corrected chi connectivity index (χ0v) is 21.0. The SMILES string of the molecule is Cc1ccccc1N1C(=O)c2c(C)cccc2NC1CN1NC(c2cccc(O)c2)C2C(N)NCNC21. The van der Waals surface area contributed by atoms with Crippen molar-refractivity contribution in [1.82, 2.24) is 21.1 Å². The normalized spacial score (nSPS) is 27.5. The minimum atomic E-state index is -0.327. The zero-order valence-electron chi connectivity index (χ0n) is 21.0. The molecule has 2 saturated heterocycles. The van der Waals surface area contributed by atoms with Gasteiger partial charge < -0.3 is 16.2 Å². The van der Waals surface area contributed by atoms with Crippen LogP contribution in [-0.2, 0) is 0 Å². The fourth-order valence-electron chi connectivity index (χ4n) is 5.99. The van der Waals surface area contributed by atoms with Gasteiger partial charge in [0.25, 0.3) is 5.91 Å². The second-order valence-corrected chi connectivity index (χ2v) is 10.1. The van der Waals surface area contributed by atoms with Crippen molar-refractivity contribution >= 4 is 17.3 Å². The number of rotatable bonds is 4. The van der Waals surface area contributed by atoms with Gasteiger partial charge in [0.15, 0.2) is 0 Å². The van der Waals surface area contributed by atoms with Gasteiger partial charge in [-0.2, -0.15) is 0 Å². The van der Waals surface area contributed by atoms with Crippen molar-refractivity contribution in [2.45, 2.75) is 38.4 Å². The van der Waals surface area contributed by atoms with Crippen LogP contribution in [-0.4, -0.2) is 47.7 Å². The third-order valence-electron chi connectivity index (χ3n) is 7.77. The molecule has 3 aromatic rings. The highest BCUT2D eigenvalue weighted by Gasteiger charge is 2.48. The zero-order chi connectivity index (χ0) is 25.7. The molecule has 0 spiro atoms. The van der Waals surface area contributed by atoms with Crippen molar-refractivity contribution in [2.24, 2.45) is 11.7 Å². The summed E-state index contributed by atoms with van der Waals surface area (Å²) in [5.41, 5.74) is 15.6. The molecule has 0 aromatic heterocycles. The van der Waals surface area contributed by atoms with E-state index in [-0.39, 0.29) is 42.1 Å². The van der Waals surface area contributed by atoms with E-state index >= 15 is 0 Å². The summed E-state index contributed by atoms with van der Waals surface area (Å²) in [6.45, 7) is 5.08. The minimum Gasteiger partial charge on any atom is -0.508 e. The van der Waals surface area contributed by atoms with Gasteiger partial charge in [0.05, 0.1) is 30.5 Å². The molecule has 6 rings (SSSR count). The number of amides is 1. The van der Waals surface area contributed by atoms with Crippen molar-refractivity contribution in [3.8, 4) is 5.75 Å². The molecular weight excluding hydrogens is 466 g/mol. The predicted molar refractivity (Wildman–Crippen MR) is 144 cm³/mol. The van der Waals surface area contributed by atoms with E-state index in [1.54, 1.807) is 12.1 Å². The number of hydrazine groups is 1. The number of para-hydroxylation sites is 1. The Labute approximate surface area is 216 Å². The quantitative estimate of drug-likeness (QED) is 0.324. The highest BCUT2D eigenvalue weighted by molar-refractivity contribution is 6.13. The Morgan fingerprint density at radius 2 is 1.78 bits per heavy atom. The summed E-state index contributed by atoms with van der Waals surface area (Å²) in [5, 5.41) is 22.8. The number of nitrogens with zero attached hydrogens (tertiary/aromatic N) is 2. The van der Waals surface area contributed by atoms with E-state index in [2.05, 4.69) is 26.4 Å². The highest BCUT2D eigenvalue weighted by atomic mass is 16.3. The number of hydrogen-bond acceptors (Lipinski definition) is 8. The molecule has 37 heavy (non-hydrogen) atoms. The van der Waals surface area contributed by atoms with Gasteiger partial charge in [-0.15, -0.1) is 0 Å². The molecule has 1 amide bonds. The van der Waals surface area contributed by atoms with Crippen LogP contribution >= 0.6 is 0 Å². The molecule has 0 radical (unpaired) electrons. The van der Waals surface area contributed by atoms with Crippen molar-refractivity contribution in [3.63, 3.8) is 0 Å². The lowest BCUT2D eigenvalue weighted by Gasteiger charge is -2.42. The van der Waals surface area contributed by atoms with Crippen LogP contribution in [0, 0.1) is 19.8 Å². The fraction of sp³-hybridized carbons (Fsp3) is 0.321. The van der Waals surface area contributed by atoms with Gasteiger partial charge in [-0.3, -0.25) is 20.3 Å². The summed E-state index contributed by atoms with van der Waals surface area (Å²) >= 11 is 0. The third-order valence-corrected chi connectivity index (χ3v) is 7.77. The Bertz CT molecular complexity index is 1330. The molecule has 9 nitrogen and oxygen atoms in total. The van der Waals surface area contributed by atoms with Gasteiger partial charge in [-0.25, -0.2) is 10.4 Å². The number of fused-ring (bicyclic) bond motifs is 2. The summed E-state index contributed by atoms with van der Waals surface area (Å²) in [7, 11) is 0. The first-order chi connectivity index (χ1) is 17.9. The molecule has 0 saturated carbocycles. The van der Waals surface area contributed by atoms with Crippen LogP contribution in [0.15, 0.2) is 66.7 Å². The number of carbonyl (C=O) groups excluding carboxylic acids is 1. The van der Waals surface area contributed by atoms with Crippen molar-refractivity contribution in [1.29, 1.82) is 0 Å². The van der Waals surface area contributed by atoms with Crippen LogP contribution < -0.4 is 32.0 Å². The summed E-state index contributed by atoms with van der Waals surface area (Å²) in [4.78, 5) is 15.9. The molecule has 5 atom stereocenters. The van der Waals surface area contributed by atoms with Gasteiger partial charge in [0, 0.05) is 24.0 Å². The molecule has 3 heterocycles. The van der Waals surface area contributed by atoms with Crippen LogP contribution in [0.25, 0.3) is 0 Å². The summed E-state index contributed by atoms with van der Waals surface area (Å²) in [6, 6.07) is 21.1. The largest absolute Gasteiger partial charge is 0.508 e. The first-order valence-electron chi connectivity index (χ1n) is 12.7. The minimum absolute atomic E-state index is 0.00344. The van der Waals surface area contributed by atoms with E-state index < -0.39 is 0 Å². The monoisotopic (exact) mass is 499 g/mol. The summed E-state index contributed by atoms with van der Waals surface area (Å²) < 4.78 is 0. The van der Waals surface area contributed by atoms with E-state index in [0.717, 1.165) is 28.1 Å². The maximum atomic E-state index is 14.0. The number of nitrogens with one attached hydrogen (secondary N) is 4. The molecule has 192 valence electrons. The molecule has 0 bridgehead atoms. The van der Waals surface area contributed by atoms with Crippen LogP contribution in [0.1, 0.15) is 33.1 Å². The standard InChI is InChI=1S/C28H33N7O2/c1-16-7-3-4-12-21(16)35-22(32-20-11-5-8-17(2)23(20)28(35)37)14-34-27-24(26(29)30-15-31-27)25(33-34)18-9-6-10-19(36)13-18/h3-13,22,24-27,30-33,36H,14-15,29H2,1-2H3. The molecule has 5 unspecified atom stereocenters. The second kappa shape index (κ2) is 9.44. The number of carbonyl (C=O) groups is 1. The lowest BCUT2D eigenvalue weighted by molar-refractivity contribution is 0.0894. The van der Waals surface area contributed by atoms with E-state index in [4.69, 9.17) is 5.73 Å². The molecular formula is C28H33N7O2. The summed E-state index contributed by atoms with van der Waals surface area (Å²) in [6.07, 6.45) is -0.641. The Morgan fingerprint density at radius 1 is 1.00 bits per heavy atom. The number of aromatic hydroxyl groups is 1. The highest BCUT2D eigenvalue weighted by Crippen LogP contribution is 2.38. The Kier molecular flexibility index (Phi) is 6.10. The molecule has 3 aromatic carbocycles. The number of aryl methyl sites for hydroxylation is 2. The van der Waals surface area contributed by atoms with E-state index in [1.807, 2.05) is 73.3 Å². The molecule has 3 aliphatic heterocycles. The fourth-order valence-corrected chi connectivity index (χ4v) is 5.99. The van der Waals surface area contributed by atoms with Crippen molar-refractivity contribution in [3.05, 3.63) is 89.0 Å². The number of nitrogens with two attached hydrogens (primary N) is 1. The van der Waals surface area contributed by atoms with Gasteiger partial charge in [0.2, 0.25) is 0 Å². The second-order valence-electron chi connectivity index (χ2n) is 10.1. The number of phenols is 1. The van der Waals surface area contributed by atoms with Crippen LogP contribution in [0.3, 0.4) is 0 Å². The summed E-state index contributed by atoms with van der Waals surface area (Å²) in [5.74, 6) is 0.203.